The molecule has 4 heterocycles. The Labute approximate surface area is 628 Å². The molecule has 9 rings (SSSR count). The van der Waals surface area contributed by atoms with Crippen LogP contribution in [-0.4, -0.2) is 176 Å². The predicted molar refractivity (Wildman–Crippen MR) is 415 cm³/mol. The average molecular weight is 1490 g/mol. The lowest BCUT2D eigenvalue weighted by atomic mass is 9.99. The molecule has 0 unspecified atom stereocenters. The zero-order valence-electron chi connectivity index (χ0n) is 60.4. The first-order valence-corrected chi connectivity index (χ1v) is 36.5. The number of hydrogen-bond donors (Lipinski definition) is 23. The number of H-pyrrole nitrogens is 4. The summed E-state index contributed by atoms with van der Waals surface area (Å²) in [4.78, 5) is 146. The van der Waals surface area contributed by atoms with Crippen LogP contribution in [0.4, 0.5) is 0 Å². The van der Waals surface area contributed by atoms with Gasteiger partial charge in [-0.1, -0.05) is 84.9 Å². The SMILES string of the molecule is N=C(N)NCCC[C@H](NC(=O)[C@H](CCCCN)NC(=O)[C@H](CCCCN)NC(=O)[C@H](Cc1c[nH]c2ccccc12)NC(=O)[C@H](Cc1c[nH]c2ccccc12)NC(=O)[C@H](Cc1ccc(O)cc1)NC(=O)[C@H](Cc1c[nH]c2ccccc12)NC(=O)[C@H](CCCNC(=N)N)NC(=O)[C@@H](N)Cc1c[nH]c2ccccc12)C(=O)O. The second-order valence-electron chi connectivity index (χ2n) is 27.1. The number of carboxylic acid groups (broad SMARTS) is 1. The lowest BCUT2D eigenvalue weighted by Gasteiger charge is -2.28. The molecule has 578 valence electrons. The van der Waals surface area contributed by atoms with Crippen molar-refractivity contribution < 1.29 is 53.4 Å². The first-order chi connectivity index (χ1) is 52.5. The van der Waals surface area contributed by atoms with Crippen LogP contribution in [0.15, 0.2) is 146 Å². The molecule has 5 aromatic carbocycles. The normalized spacial score (nSPS) is 13.8. The number of aromatic nitrogens is 4. The van der Waals surface area contributed by atoms with Crippen LogP contribution >= 0.6 is 0 Å². The van der Waals surface area contributed by atoms with Crippen LogP contribution in [0.2, 0.25) is 0 Å². The number of phenols is 1. The Balaban J connectivity index is 1.03. The van der Waals surface area contributed by atoms with Gasteiger partial charge >= 0.3 is 5.97 Å². The molecule has 0 aliphatic carbocycles. The number of carbonyl (C=O) groups excluding carboxylic acids is 8. The number of aromatic amines is 4. The molecule has 0 bridgehead atoms. The first kappa shape index (κ1) is 80.8. The molecule has 0 spiro atoms. The maximum Gasteiger partial charge on any atom is 0.326 e. The molecule has 0 saturated carbocycles. The van der Waals surface area contributed by atoms with E-state index in [2.05, 4.69) is 73.1 Å². The Hall–Kier alpha value is -12.3. The molecule has 8 amide bonds. The maximum atomic E-state index is 15.7. The summed E-state index contributed by atoms with van der Waals surface area (Å²) in [5.74, 6) is -8.61. The van der Waals surface area contributed by atoms with Crippen molar-refractivity contribution in [1.82, 2.24) is 73.1 Å². The van der Waals surface area contributed by atoms with E-state index in [1.54, 1.807) is 49.1 Å². The van der Waals surface area contributed by atoms with Crippen molar-refractivity contribution in [3.63, 3.8) is 0 Å². The number of guanidine groups is 2. The molecule has 32 nitrogen and oxygen atoms in total. The van der Waals surface area contributed by atoms with Crippen molar-refractivity contribution in [3.8, 4) is 5.75 Å². The van der Waals surface area contributed by atoms with Crippen molar-refractivity contribution in [2.45, 2.75) is 151 Å². The van der Waals surface area contributed by atoms with Crippen LogP contribution in [0.5, 0.6) is 5.75 Å². The summed E-state index contributed by atoms with van der Waals surface area (Å²) in [6.07, 6.45) is 8.02. The van der Waals surface area contributed by atoms with Gasteiger partial charge in [-0.2, -0.15) is 0 Å². The lowest BCUT2D eigenvalue weighted by molar-refractivity contribution is -0.142. The topological polar surface area (TPSA) is 555 Å². The Morgan fingerprint density at radius 2 is 0.642 bits per heavy atom. The van der Waals surface area contributed by atoms with Gasteiger partial charge in [-0.3, -0.25) is 49.2 Å². The second-order valence-corrected chi connectivity index (χ2v) is 27.1. The third-order valence-corrected chi connectivity index (χ3v) is 19.0. The van der Waals surface area contributed by atoms with E-state index in [9.17, 15) is 29.4 Å². The van der Waals surface area contributed by atoms with E-state index in [0.29, 0.717) is 75.1 Å². The highest BCUT2D eigenvalue weighted by atomic mass is 16.4. The van der Waals surface area contributed by atoms with Gasteiger partial charge in [0.05, 0.1) is 6.04 Å². The van der Waals surface area contributed by atoms with Crippen molar-refractivity contribution in [2.75, 3.05) is 26.2 Å². The number of benzene rings is 5. The largest absolute Gasteiger partial charge is 0.508 e. The van der Waals surface area contributed by atoms with E-state index in [0.717, 1.165) is 22.0 Å². The van der Waals surface area contributed by atoms with Crippen LogP contribution < -0.4 is 81.8 Å². The van der Waals surface area contributed by atoms with E-state index in [1.165, 1.54) is 12.1 Å². The van der Waals surface area contributed by atoms with E-state index in [-0.39, 0.29) is 114 Å². The van der Waals surface area contributed by atoms with Gasteiger partial charge < -0.3 is 112 Å². The van der Waals surface area contributed by atoms with Crippen LogP contribution in [0, 0.1) is 10.8 Å². The number of hydrogen-bond acceptors (Lipinski definition) is 15. The zero-order valence-corrected chi connectivity index (χ0v) is 60.4. The third kappa shape index (κ3) is 23.4. The Kier molecular flexibility index (Phi) is 29.6. The quantitative estimate of drug-likeness (QED) is 0.0147. The third-order valence-electron chi connectivity index (χ3n) is 19.0. The minimum atomic E-state index is -1.56. The second kappa shape index (κ2) is 39.9. The molecule has 0 aliphatic rings. The Morgan fingerprint density at radius 3 is 0.982 bits per heavy atom. The number of carbonyl (C=O) groups is 9. The van der Waals surface area contributed by atoms with Gasteiger partial charge in [0.25, 0.3) is 0 Å². The molecule has 0 radical (unpaired) electrons. The van der Waals surface area contributed by atoms with Crippen LogP contribution in [0.3, 0.4) is 0 Å². The molecule has 0 saturated heterocycles. The summed E-state index contributed by atoms with van der Waals surface area (Å²) in [5.41, 5.74) is 35.3. The molecule has 0 fully saturated rings. The number of nitrogens with one attached hydrogen (secondary N) is 16. The summed E-state index contributed by atoms with van der Waals surface area (Å²) < 4.78 is 0. The van der Waals surface area contributed by atoms with E-state index < -0.39 is 108 Å². The number of unbranched alkanes of at least 4 members (excludes halogenated alkanes) is 2. The molecule has 9 atom stereocenters. The smallest absolute Gasteiger partial charge is 0.326 e. The van der Waals surface area contributed by atoms with E-state index in [4.69, 9.17) is 39.5 Å². The highest BCUT2D eigenvalue weighted by Crippen LogP contribution is 2.25. The summed E-state index contributed by atoms with van der Waals surface area (Å²) in [6, 6.07) is 22.6. The fourth-order valence-electron chi connectivity index (χ4n) is 13.2. The van der Waals surface area contributed by atoms with Gasteiger partial charge in [0.1, 0.15) is 54.1 Å². The Bertz CT molecular complexity index is 4630. The van der Waals surface area contributed by atoms with Gasteiger partial charge in [0, 0.05) is 107 Å². The summed E-state index contributed by atoms with van der Waals surface area (Å²) in [7, 11) is 0. The van der Waals surface area contributed by atoms with E-state index >= 15 is 24.0 Å². The number of aromatic hydroxyl groups is 1. The molecule has 0 aliphatic heterocycles. The van der Waals surface area contributed by atoms with Crippen molar-refractivity contribution in [1.29, 1.82) is 10.8 Å². The highest BCUT2D eigenvalue weighted by Gasteiger charge is 2.37. The van der Waals surface area contributed by atoms with Crippen molar-refractivity contribution >= 4 is 109 Å². The average Bonchev–Trinajstić information content (AvgIpc) is 1.60. The van der Waals surface area contributed by atoms with Crippen molar-refractivity contribution in [2.24, 2.45) is 28.7 Å². The summed E-state index contributed by atoms with van der Waals surface area (Å²) >= 11 is 0. The fourth-order valence-corrected chi connectivity index (χ4v) is 13.2. The molecule has 9 aromatic rings. The molecule has 4 aromatic heterocycles. The number of carboxylic acids is 1. The van der Waals surface area contributed by atoms with E-state index in [1.807, 2.05) is 84.9 Å². The lowest BCUT2D eigenvalue weighted by Crippen LogP contribution is -2.61. The number of phenolic OH excluding ortho intramolecular Hbond substituents is 1. The number of nitrogens with two attached hydrogens (primary N) is 5. The number of rotatable bonds is 43. The highest BCUT2D eigenvalue weighted by molar-refractivity contribution is 6.00. The molecule has 32 heteroatoms. The molecular weight excluding hydrogens is 1390 g/mol. The number of aliphatic carboxylic acids is 1. The summed E-state index contributed by atoms with van der Waals surface area (Å²) in [6.45, 7) is 0.775. The first-order valence-electron chi connectivity index (χ1n) is 36.5. The number of para-hydroxylation sites is 4. The van der Waals surface area contributed by atoms with Crippen LogP contribution in [0.1, 0.15) is 92.0 Å². The van der Waals surface area contributed by atoms with Gasteiger partial charge in [-0.15, -0.1) is 0 Å². The maximum absolute atomic E-state index is 15.7. The minimum absolute atomic E-state index is 0.000832. The van der Waals surface area contributed by atoms with Gasteiger partial charge in [0.15, 0.2) is 11.9 Å². The standard InChI is InChI=1S/C77H99N21O11/c78-31-11-9-23-59(68(101)92-60(24-10-12-32-79)69(102)94-62(75(108)109)26-14-34-86-77(83)84)93-72(105)64(37-46-41-88-56-20-6-2-16-51(46)56)98-74(107)66(39-48-43-90-58-22-8-4-18-53(48)58)97-71(104)63(35-44-27-29-49(99)30-28-44)95-73(106)65(38-47-42-89-57-21-7-3-17-52(47)57)96-70(103)61(25-13-33-85-76(81)82)91-67(100)54(80)36-45-40-87-55-19-5-1-15-50(45)55/h1-8,15-22,27-30,40-43,54,59-66,87-90,99H,9-14,23-26,31-39,78-80H2,(H,91,100)(H,92,101)(H,93,105)(H,94,102)(H,95,106)(H,96,103)(H,97,104)(H,98,107)(H,108,109)(H4,81,82,85)(H4,83,84,86)/t54-,59-,60-,61-,62-,63-,64-,65-,66-/m0/s1. The van der Waals surface area contributed by atoms with Crippen LogP contribution in [-0.2, 0) is 75.3 Å². The number of fused-ring (bicyclic) bond motifs is 4. The zero-order chi connectivity index (χ0) is 77.9. The molecule has 28 N–H and O–H groups in total. The van der Waals surface area contributed by atoms with Gasteiger partial charge in [-0.05, 0) is 148 Å². The predicted octanol–water partition coefficient (Wildman–Crippen LogP) is 1.91. The monoisotopic (exact) mass is 1490 g/mol. The van der Waals surface area contributed by atoms with Gasteiger partial charge in [-0.25, -0.2) is 4.79 Å². The minimum Gasteiger partial charge on any atom is -0.508 e. The summed E-state index contributed by atoms with van der Waals surface area (Å²) in [5, 5.41) is 66.6. The van der Waals surface area contributed by atoms with Crippen molar-refractivity contribution in [3.05, 3.63) is 174 Å². The Morgan fingerprint density at radius 1 is 0.358 bits per heavy atom. The fraction of sp³-hybridized carbons (Fsp3) is 0.364. The molecule has 109 heavy (non-hydrogen) atoms. The van der Waals surface area contributed by atoms with Crippen LogP contribution in [0.25, 0.3) is 43.6 Å². The number of amides is 8. The van der Waals surface area contributed by atoms with Gasteiger partial charge in [0.2, 0.25) is 47.3 Å². The molecular formula is C77H99N21O11.